The van der Waals surface area contributed by atoms with Crippen LogP contribution in [0.1, 0.15) is 16.6 Å². The highest BCUT2D eigenvalue weighted by molar-refractivity contribution is 7.15. The maximum Gasteiger partial charge on any atom is 0.443 e. The number of nitrogens with one attached hydrogen (secondary N) is 2. The van der Waals surface area contributed by atoms with Crippen molar-refractivity contribution in [3.05, 3.63) is 65.3 Å². The van der Waals surface area contributed by atoms with Crippen molar-refractivity contribution in [2.75, 3.05) is 11.4 Å². The summed E-state index contributed by atoms with van der Waals surface area (Å²) < 4.78 is 53.3. The molecule has 1 unspecified atom stereocenters. The molecular formula is C20H13F4N5OS. The molecule has 1 aliphatic rings. The Kier molecular flexibility index (Phi) is 4.43. The molecule has 0 saturated carbocycles. The second-order valence-corrected chi connectivity index (χ2v) is 7.97. The van der Waals surface area contributed by atoms with E-state index in [0.717, 1.165) is 17.2 Å². The maximum atomic E-state index is 14.8. The number of aromatic nitrogens is 3. The lowest BCUT2D eigenvalue weighted by molar-refractivity contribution is -0.137. The zero-order valence-electron chi connectivity index (χ0n) is 15.6. The number of aromatic amines is 1. The Morgan fingerprint density at radius 1 is 1.13 bits per heavy atom. The number of hydrogen-bond donors (Lipinski definition) is 2. The number of nitrogens with zero attached hydrogens (tertiary/aromatic N) is 3. The zero-order chi connectivity index (χ0) is 21.8. The number of urea groups is 1. The molecule has 1 saturated heterocycles. The van der Waals surface area contributed by atoms with E-state index in [4.69, 9.17) is 0 Å². The van der Waals surface area contributed by atoms with Crippen LogP contribution in [0, 0.1) is 5.82 Å². The number of amides is 2. The average molecular weight is 447 g/mol. The van der Waals surface area contributed by atoms with Crippen LogP contribution in [0.2, 0.25) is 0 Å². The molecule has 2 amide bonds. The van der Waals surface area contributed by atoms with E-state index in [1.54, 1.807) is 30.6 Å². The van der Waals surface area contributed by atoms with E-state index in [-0.39, 0.29) is 23.0 Å². The first-order valence-electron chi connectivity index (χ1n) is 9.14. The number of fused-ring (bicyclic) bond motifs is 1. The summed E-state index contributed by atoms with van der Waals surface area (Å²) >= 11 is 0.383. The molecule has 6 nitrogen and oxygen atoms in total. The predicted octanol–water partition coefficient (Wildman–Crippen LogP) is 5.12. The van der Waals surface area contributed by atoms with Crippen LogP contribution < -0.4 is 10.2 Å². The van der Waals surface area contributed by atoms with Crippen LogP contribution in [0.15, 0.2) is 48.9 Å². The van der Waals surface area contributed by atoms with Crippen LogP contribution in [0.25, 0.3) is 21.5 Å². The fraction of sp³-hybridized carbons (Fsp3) is 0.150. The lowest BCUT2D eigenvalue weighted by Crippen LogP contribution is -2.29. The van der Waals surface area contributed by atoms with Crippen LogP contribution >= 0.6 is 11.3 Å². The molecule has 0 spiro atoms. The molecule has 11 heteroatoms. The van der Waals surface area contributed by atoms with Gasteiger partial charge < -0.3 is 10.3 Å². The number of carbonyl (C=O) groups is 1. The molecule has 3 heterocycles. The van der Waals surface area contributed by atoms with E-state index >= 15 is 0 Å². The third kappa shape index (κ3) is 3.40. The van der Waals surface area contributed by atoms with Gasteiger partial charge in [-0.3, -0.25) is 4.90 Å². The van der Waals surface area contributed by atoms with Crippen molar-refractivity contribution in [1.82, 2.24) is 20.3 Å². The van der Waals surface area contributed by atoms with Gasteiger partial charge >= 0.3 is 12.2 Å². The van der Waals surface area contributed by atoms with Gasteiger partial charge in [-0.2, -0.15) is 13.2 Å². The van der Waals surface area contributed by atoms with E-state index in [1.807, 2.05) is 0 Å². The third-order valence-electron chi connectivity index (χ3n) is 5.05. The monoisotopic (exact) mass is 447 g/mol. The Morgan fingerprint density at radius 3 is 2.71 bits per heavy atom. The Hall–Kier alpha value is -3.47. The molecular weight excluding hydrogens is 434 g/mol. The van der Waals surface area contributed by atoms with Crippen molar-refractivity contribution in [3.63, 3.8) is 0 Å². The highest BCUT2D eigenvalue weighted by atomic mass is 32.1. The quantitative estimate of drug-likeness (QED) is 0.429. The van der Waals surface area contributed by atoms with E-state index in [9.17, 15) is 22.4 Å². The van der Waals surface area contributed by atoms with Gasteiger partial charge in [0.25, 0.3) is 0 Å². The van der Waals surface area contributed by atoms with Gasteiger partial charge in [-0.25, -0.2) is 19.2 Å². The number of benzene rings is 2. The molecule has 0 aliphatic carbocycles. The molecule has 2 aromatic heterocycles. The summed E-state index contributed by atoms with van der Waals surface area (Å²) in [7, 11) is 0. The van der Waals surface area contributed by atoms with Crippen LogP contribution in [-0.2, 0) is 6.18 Å². The van der Waals surface area contributed by atoms with Crippen LogP contribution in [-0.4, -0.2) is 27.5 Å². The second kappa shape index (κ2) is 7.05. The van der Waals surface area contributed by atoms with Crippen LogP contribution in [0.4, 0.5) is 28.0 Å². The molecule has 0 radical (unpaired) electrons. The Labute approximate surface area is 176 Å². The molecule has 31 heavy (non-hydrogen) atoms. The summed E-state index contributed by atoms with van der Waals surface area (Å²) in [4.78, 5) is 24.6. The van der Waals surface area contributed by atoms with Gasteiger partial charge in [0.2, 0.25) is 0 Å². The first-order chi connectivity index (χ1) is 14.8. The molecule has 1 atom stereocenters. The summed E-state index contributed by atoms with van der Waals surface area (Å²) in [5.74, 6) is -0.682. The summed E-state index contributed by atoms with van der Waals surface area (Å²) in [5, 5.41) is 1.72. The standard InChI is InChI=1S/C20H13F4N5OS/c21-13-5-10(1-3-12(13)17-8-25-18(31-17)20(22,23)24)16-7-26-19(30)29(16)11-2-4-14-15(6-11)28-9-27-14/h1-6,8-9,16H,7H2,(H,26,30)(H,27,28). The maximum absolute atomic E-state index is 14.8. The van der Waals surface area contributed by atoms with E-state index in [1.165, 1.54) is 17.0 Å². The number of imidazole rings is 1. The number of H-pyrrole nitrogens is 1. The number of carbonyl (C=O) groups excluding carboxylic acids is 1. The van der Waals surface area contributed by atoms with E-state index < -0.39 is 23.0 Å². The van der Waals surface area contributed by atoms with Gasteiger partial charge in [-0.1, -0.05) is 12.1 Å². The van der Waals surface area contributed by atoms with Crippen molar-refractivity contribution >= 4 is 34.1 Å². The first kappa shape index (κ1) is 19.5. The molecule has 1 aliphatic heterocycles. The fourth-order valence-corrected chi connectivity index (χ4v) is 4.42. The molecule has 5 rings (SSSR count). The lowest BCUT2D eigenvalue weighted by Gasteiger charge is -2.24. The highest BCUT2D eigenvalue weighted by Gasteiger charge is 2.36. The zero-order valence-corrected chi connectivity index (χ0v) is 16.4. The number of hydrogen-bond acceptors (Lipinski definition) is 4. The molecule has 1 fully saturated rings. The molecule has 4 aromatic rings. The van der Waals surface area contributed by atoms with Gasteiger partial charge in [-0.05, 0) is 29.8 Å². The van der Waals surface area contributed by atoms with Crippen LogP contribution in [0.3, 0.4) is 0 Å². The van der Waals surface area contributed by atoms with E-state index in [2.05, 4.69) is 20.3 Å². The van der Waals surface area contributed by atoms with Crippen molar-refractivity contribution < 1.29 is 22.4 Å². The number of anilines is 1. The average Bonchev–Trinajstić information content (AvgIpc) is 3.46. The minimum atomic E-state index is -4.58. The Bertz CT molecular complexity index is 1300. The largest absolute Gasteiger partial charge is 0.443 e. The molecule has 2 N–H and O–H groups in total. The van der Waals surface area contributed by atoms with Crippen molar-refractivity contribution in [2.45, 2.75) is 12.2 Å². The smallest absolute Gasteiger partial charge is 0.345 e. The molecule has 158 valence electrons. The Balaban J connectivity index is 1.48. The Morgan fingerprint density at radius 2 is 1.97 bits per heavy atom. The molecule has 0 bridgehead atoms. The summed E-state index contributed by atoms with van der Waals surface area (Å²) in [5.41, 5.74) is 2.66. The first-order valence-corrected chi connectivity index (χ1v) is 9.96. The molecule has 2 aromatic carbocycles. The number of rotatable bonds is 3. The van der Waals surface area contributed by atoms with Gasteiger partial charge in [0.1, 0.15) is 5.82 Å². The number of alkyl halides is 3. The van der Waals surface area contributed by atoms with Crippen LogP contribution in [0.5, 0.6) is 0 Å². The van der Waals surface area contributed by atoms with Crippen molar-refractivity contribution in [2.24, 2.45) is 0 Å². The summed E-state index contributed by atoms with van der Waals surface area (Å²) in [6.45, 7) is 0.261. The third-order valence-corrected chi connectivity index (χ3v) is 6.13. The predicted molar refractivity (Wildman–Crippen MR) is 107 cm³/mol. The van der Waals surface area contributed by atoms with Gasteiger partial charge in [-0.15, -0.1) is 11.3 Å². The SMILES string of the molecule is O=C1NCC(c2ccc(-c3cnc(C(F)(F)F)s3)c(F)c2)N1c1ccc2nc[nH]c2c1. The van der Waals surface area contributed by atoms with E-state index in [0.29, 0.717) is 22.6 Å². The topological polar surface area (TPSA) is 73.9 Å². The fourth-order valence-electron chi connectivity index (χ4n) is 3.61. The number of halogens is 4. The second-order valence-electron chi connectivity index (χ2n) is 6.94. The summed E-state index contributed by atoms with van der Waals surface area (Å²) in [6, 6.07) is 8.76. The van der Waals surface area contributed by atoms with Crippen molar-refractivity contribution in [3.8, 4) is 10.4 Å². The van der Waals surface area contributed by atoms with Crippen molar-refractivity contribution in [1.29, 1.82) is 0 Å². The van der Waals surface area contributed by atoms with Gasteiger partial charge in [0, 0.05) is 24.0 Å². The minimum Gasteiger partial charge on any atom is -0.345 e. The van der Waals surface area contributed by atoms with Gasteiger partial charge in [0.15, 0.2) is 5.01 Å². The normalized spacial score (nSPS) is 16.8. The van der Waals surface area contributed by atoms with Gasteiger partial charge in [0.05, 0.1) is 28.3 Å². The number of thiazole rings is 1. The minimum absolute atomic E-state index is 0.0273. The lowest BCUT2D eigenvalue weighted by atomic mass is 10.0. The summed E-state index contributed by atoms with van der Waals surface area (Å²) in [6.07, 6.45) is -2.02. The highest BCUT2D eigenvalue weighted by Crippen LogP contribution is 2.38.